The number of benzene rings is 3. The molecule has 4 heteroatoms. The average Bonchev–Trinajstić information content (AvgIpc) is 3.20. The van der Waals surface area contributed by atoms with Gasteiger partial charge in [-0.05, 0) is 65.6 Å². The van der Waals surface area contributed by atoms with Crippen LogP contribution in [0.4, 0.5) is 0 Å². The van der Waals surface area contributed by atoms with E-state index in [1.807, 2.05) is 24.3 Å². The van der Waals surface area contributed by atoms with E-state index in [-0.39, 0.29) is 0 Å². The number of carboxylic acid groups (broad SMARTS) is 1. The molecule has 1 unspecified atom stereocenters. The molecule has 0 spiro atoms. The molecule has 0 saturated heterocycles. The summed E-state index contributed by atoms with van der Waals surface area (Å²) < 4.78 is 11.5. The van der Waals surface area contributed by atoms with Crippen LogP contribution in [0.5, 0.6) is 5.75 Å². The minimum Gasteiger partial charge on any atom is -0.494 e. The first kappa shape index (κ1) is 25.0. The first-order valence-electron chi connectivity index (χ1n) is 12.9. The standard InChI is InChI=1S/C31H36O4/c1-2-3-9-21-35-30(31(32)33)22-23-16-18-24(19-17-23)34-20-10-8-15-29-27-13-6-4-11-25(27)26-12-5-7-14-28(26)29/h4-7,11-14,16-19,29-30H,2-3,8-10,15,20-22H2,1H3,(H,32,33). The Morgan fingerprint density at radius 2 is 1.46 bits per heavy atom. The molecule has 1 N–H and O–H groups in total. The van der Waals surface area contributed by atoms with Crippen LogP contribution < -0.4 is 4.74 Å². The minimum absolute atomic E-state index is 0.367. The molecule has 0 fully saturated rings. The van der Waals surface area contributed by atoms with Gasteiger partial charge in [0.15, 0.2) is 6.10 Å². The fourth-order valence-electron chi connectivity index (χ4n) is 4.94. The second kappa shape index (κ2) is 12.6. The van der Waals surface area contributed by atoms with Crippen LogP contribution in [0.1, 0.15) is 68.1 Å². The molecule has 0 bridgehead atoms. The monoisotopic (exact) mass is 472 g/mol. The lowest BCUT2D eigenvalue weighted by Crippen LogP contribution is -2.26. The largest absolute Gasteiger partial charge is 0.494 e. The normalized spacial score (nSPS) is 13.3. The topological polar surface area (TPSA) is 55.8 Å². The van der Waals surface area contributed by atoms with Crippen molar-refractivity contribution in [2.75, 3.05) is 13.2 Å². The van der Waals surface area contributed by atoms with E-state index < -0.39 is 12.1 Å². The van der Waals surface area contributed by atoms with E-state index in [0.29, 0.717) is 25.6 Å². The Hall–Kier alpha value is -3.11. The summed E-state index contributed by atoms with van der Waals surface area (Å²) in [6, 6.07) is 25.3. The molecule has 35 heavy (non-hydrogen) atoms. The second-order valence-electron chi connectivity index (χ2n) is 9.32. The van der Waals surface area contributed by atoms with Gasteiger partial charge in [-0.2, -0.15) is 0 Å². The van der Waals surface area contributed by atoms with Crippen molar-refractivity contribution < 1.29 is 19.4 Å². The fourth-order valence-corrected chi connectivity index (χ4v) is 4.94. The Morgan fingerprint density at radius 1 is 0.829 bits per heavy atom. The van der Waals surface area contributed by atoms with Crippen molar-refractivity contribution in [2.45, 2.75) is 63.9 Å². The quantitative estimate of drug-likeness (QED) is 0.251. The van der Waals surface area contributed by atoms with Gasteiger partial charge in [-0.15, -0.1) is 0 Å². The summed E-state index contributed by atoms with van der Waals surface area (Å²) in [4.78, 5) is 11.5. The van der Waals surface area contributed by atoms with Gasteiger partial charge in [0.25, 0.3) is 0 Å². The SMILES string of the molecule is CCCCCOC(Cc1ccc(OCCCCC2c3ccccc3-c3ccccc32)cc1)C(=O)O. The van der Waals surface area contributed by atoms with Gasteiger partial charge in [0.05, 0.1) is 6.61 Å². The van der Waals surface area contributed by atoms with Gasteiger partial charge in [-0.3, -0.25) is 0 Å². The van der Waals surface area contributed by atoms with Crippen LogP contribution in [0.3, 0.4) is 0 Å². The summed E-state index contributed by atoms with van der Waals surface area (Å²) in [5.41, 5.74) is 6.58. The van der Waals surface area contributed by atoms with E-state index in [1.54, 1.807) is 0 Å². The molecule has 4 nitrogen and oxygen atoms in total. The predicted molar refractivity (Wildman–Crippen MR) is 140 cm³/mol. The van der Waals surface area contributed by atoms with E-state index >= 15 is 0 Å². The average molecular weight is 473 g/mol. The molecule has 0 heterocycles. The third-order valence-corrected chi connectivity index (χ3v) is 6.81. The number of hydrogen-bond donors (Lipinski definition) is 1. The van der Waals surface area contributed by atoms with E-state index in [9.17, 15) is 9.90 Å². The summed E-state index contributed by atoms with van der Waals surface area (Å²) >= 11 is 0. The minimum atomic E-state index is -0.908. The number of aliphatic carboxylic acids is 1. The number of carboxylic acids is 1. The summed E-state index contributed by atoms with van der Waals surface area (Å²) in [5.74, 6) is 0.378. The molecule has 1 aliphatic carbocycles. The predicted octanol–water partition coefficient (Wildman–Crippen LogP) is 7.25. The van der Waals surface area contributed by atoms with E-state index in [0.717, 1.165) is 49.8 Å². The molecule has 3 aromatic rings. The highest BCUT2D eigenvalue weighted by Crippen LogP contribution is 2.46. The number of ether oxygens (including phenoxy) is 2. The molecule has 0 aromatic heterocycles. The molecule has 4 rings (SSSR count). The molecule has 0 amide bonds. The van der Waals surface area contributed by atoms with Crippen molar-refractivity contribution in [3.63, 3.8) is 0 Å². The highest BCUT2D eigenvalue weighted by atomic mass is 16.5. The van der Waals surface area contributed by atoms with E-state index in [2.05, 4.69) is 55.5 Å². The highest BCUT2D eigenvalue weighted by molar-refractivity contribution is 5.78. The van der Waals surface area contributed by atoms with Crippen LogP contribution in [0, 0.1) is 0 Å². The Bertz CT molecular complexity index is 1040. The molecule has 0 saturated carbocycles. The lowest BCUT2D eigenvalue weighted by molar-refractivity contribution is -0.150. The van der Waals surface area contributed by atoms with Gasteiger partial charge in [0, 0.05) is 18.9 Å². The Kier molecular flexibility index (Phi) is 8.96. The van der Waals surface area contributed by atoms with Gasteiger partial charge in [-0.1, -0.05) is 80.4 Å². The van der Waals surface area contributed by atoms with Crippen LogP contribution in [-0.4, -0.2) is 30.4 Å². The lowest BCUT2D eigenvalue weighted by Gasteiger charge is -2.15. The van der Waals surface area contributed by atoms with Gasteiger partial charge in [-0.25, -0.2) is 4.79 Å². The molecule has 0 radical (unpaired) electrons. The zero-order chi connectivity index (χ0) is 24.5. The zero-order valence-corrected chi connectivity index (χ0v) is 20.6. The third-order valence-electron chi connectivity index (χ3n) is 6.81. The van der Waals surface area contributed by atoms with Crippen molar-refractivity contribution in [3.8, 4) is 16.9 Å². The Balaban J connectivity index is 1.22. The zero-order valence-electron chi connectivity index (χ0n) is 20.6. The van der Waals surface area contributed by atoms with Gasteiger partial charge >= 0.3 is 5.97 Å². The number of unbranched alkanes of at least 4 members (excludes halogenated alkanes) is 3. The summed E-state index contributed by atoms with van der Waals surface area (Å²) in [6.45, 7) is 3.28. The smallest absolute Gasteiger partial charge is 0.333 e. The van der Waals surface area contributed by atoms with Crippen LogP contribution in [0.2, 0.25) is 0 Å². The van der Waals surface area contributed by atoms with Crippen LogP contribution >= 0.6 is 0 Å². The van der Waals surface area contributed by atoms with Gasteiger partial charge < -0.3 is 14.6 Å². The maximum atomic E-state index is 11.5. The number of rotatable bonds is 14. The number of fused-ring (bicyclic) bond motifs is 3. The molecular formula is C31H36O4. The highest BCUT2D eigenvalue weighted by Gasteiger charge is 2.27. The molecule has 1 atom stereocenters. The Morgan fingerprint density at radius 3 is 2.09 bits per heavy atom. The lowest BCUT2D eigenvalue weighted by atomic mass is 9.92. The number of carbonyl (C=O) groups is 1. The third kappa shape index (κ3) is 6.52. The maximum Gasteiger partial charge on any atom is 0.333 e. The Labute approximate surface area is 208 Å². The molecule has 184 valence electrons. The first-order chi connectivity index (χ1) is 17.2. The fraction of sp³-hybridized carbons (Fsp3) is 0.387. The van der Waals surface area contributed by atoms with Crippen molar-refractivity contribution in [1.82, 2.24) is 0 Å². The van der Waals surface area contributed by atoms with Gasteiger partial charge in [0.2, 0.25) is 0 Å². The molecule has 1 aliphatic rings. The second-order valence-corrected chi connectivity index (χ2v) is 9.32. The molecule has 3 aromatic carbocycles. The molecular weight excluding hydrogens is 436 g/mol. The first-order valence-corrected chi connectivity index (χ1v) is 12.9. The molecule has 0 aliphatic heterocycles. The van der Waals surface area contributed by atoms with E-state index in [4.69, 9.17) is 9.47 Å². The number of hydrogen-bond acceptors (Lipinski definition) is 3. The van der Waals surface area contributed by atoms with Crippen LogP contribution in [-0.2, 0) is 16.0 Å². The van der Waals surface area contributed by atoms with Crippen LogP contribution in [0.25, 0.3) is 11.1 Å². The summed E-state index contributed by atoms with van der Waals surface area (Å²) in [7, 11) is 0. The summed E-state index contributed by atoms with van der Waals surface area (Å²) in [6.07, 6.45) is 5.81. The van der Waals surface area contributed by atoms with Crippen molar-refractivity contribution in [3.05, 3.63) is 89.5 Å². The van der Waals surface area contributed by atoms with Gasteiger partial charge in [0.1, 0.15) is 5.75 Å². The van der Waals surface area contributed by atoms with Crippen molar-refractivity contribution in [2.24, 2.45) is 0 Å². The van der Waals surface area contributed by atoms with Crippen LogP contribution in [0.15, 0.2) is 72.8 Å². The van der Waals surface area contributed by atoms with Crippen molar-refractivity contribution >= 4 is 5.97 Å². The maximum absolute atomic E-state index is 11.5. The van der Waals surface area contributed by atoms with Crippen molar-refractivity contribution in [1.29, 1.82) is 0 Å². The van der Waals surface area contributed by atoms with E-state index in [1.165, 1.54) is 22.3 Å². The summed E-state index contributed by atoms with van der Waals surface area (Å²) in [5, 5.41) is 9.45.